The Morgan fingerprint density at radius 3 is 2.79 bits per heavy atom. The maximum atomic E-state index is 12.8. The Morgan fingerprint density at radius 2 is 2.04 bits per heavy atom. The Balaban J connectivity index is 1.63. The summed E-state index contributed by atoms with van der Waals surface area (Å²) in [5, 5.41) is 9.74. The van der Waals surface area contributed by atoms with E-state index in [0.717, 1.165) is 18.5 Å². The van der Waals surface area contributed by atoms with E-state index in [1.165, 1.54) is 0 Å². The molecule has 2 aromatic heterocycles. The lowest BCUT2D eigenvalue weighted by Crippen LogP contribution is -2.21. The summed E-state index contributed by atoms with van der Waals surface area (Å²) in [5.74, 6) is 0.275. The molecular formula is C19H18ClN5O3. The van der Waals surface area contributed by atoms with Crippen molar-refractivity contribution in [2.75, 3.05) is 10.6 Å². The van der Waals surface area contributed by atoms with E-state index in [9.17, 15) is 9.59 Å². The molecule has 0 aliphatic carbocycles. The van der Waals surface area contributed by atoms with Gasteiger partial charge in [0.15, 0.2) is 17.3 Å². The summed E-state index contributed by atoms with van der Waals surface area (Å²) in [6.45, 7) is 2.37. The average Bonchev–Trinajstić information content (AvgIpc) is 3.25. The van der Waals surface area contributed by atoms with Crippen molar-refractivity contribution in [2.24, 2.45) is 0 Å². The zero-order valence-corrected chi connectivity index (χ0v) is 15.9. The van der Waals surface area contributed by atoms with Gasteiger partial charge in [0.05, 0.1) is 5.69 Å². The van der Waals surface area contributed by atoms with Gasteiger partial charge in [-0.25, -0.2) is 4.98 Å². The minimum Gasteiger partial charge on any atom is -0.360 e. The van der Waals surface area contributed by atoms with E-state index >= 15 is 0 Å². The number of anilines is 2. The fraction of sp³-hybridized carbons (Fsp3) is 0.263. The van der Waals surface area contributed by atoms with Crippen molar-refractivity contribution in [3.8, 4) is 0 Å². The van der Waals surface area contributed by atoms with Gasteiger partial charge in [-0.1, -0.05) is 22.8 Å². The summed E-state index contributed by atoms with van der Waals surface area (Å²) >= 11 is 5.98. The molecule has 0 saturated heterocycles. The van der Waals surface area contributed by atoms with Crippen LogP contribution in [0, 0.1) is 6.92 Å². The van der Waals surface area contributed by atoms with Crippen LogP contribution < -0.4 is 10.6 Å². The smallest absolute Gasteiger partial charge is 0.292 e. The van der Waals surface area contributed by atoms with Gasteiger partial charge in [0.25, 0.3) is 11.8 Å². The van der Waals surface area contributed by atoms with Crippen molar-refractivity contribution in [1.29, 1.82) is 0 Å². The summed E-state index contributed by atoms with van der Waals surface area (Å²) in [5.41, 5.74) is 1.58. The van der Waals surface area contributed by atoms with Gasteiger partial charge < -0.3 is 19.7 Å². The van der Waals surface area contributed by atoms with Crippen molar-refractivity contribution in [2.45, 2.75) is 32.7 Å². The Morgan fingerprint density at radius 1 is 1.18 bits per heavy atom. The Kier molecular flexibility index (Phi) is 4.87. The topological polar surface area (TPSA) is 102 Å². The van der Waals surface area contributed by atoms with Crippen LogP contribution in [-0.4, -0.2) is 26.5 Å². The van der Waals surface area contributed by atoms with Crippen LogP contribution in [0.15, 0.2) is 34.9 Å². The van der Waals surface area contributed by atoms with Gasteiger partial charge in [0.2, 0.25) is 0 Å². The largest absolute Gasteiger partial charge is 0.360 e. The van der Waals surface area contributed by atoms with E-state index < -0.39 is 5.91 Å². The van der Waals surface area contributed by atoms with Crippen LogP contribution in [0.4, 0.5) is 11.5 Å². The normalized spacial score (nSPS) is 13.1. The Hall–Kier alpha value is -3.13. The van der Waals surface area contributed by atoms with Gasteiger partial charge in [0, 0.05) is 23.3 Å². The number of nitrogens with one attached hydrogen (secondary N) is 2. The summed E-state index contributed by atoms with van der Waals surface area (Å²) in [6, 6.07) is 8.49. The lowest BCUT2D eigenvalue weighted by molar-refractivity contribution is 0.101. The molecule has 0 saturated carbocycles. The lowest BCUT2D eigenvalue weighted by Gasteiger charge is -2.16. The van der Waals surface area contributed by atoms with E-state index in [4.69, 9.17) is 16.1 Å². The highest BCUT2D eigenvalue weighted by atomic mass is 35.5. The molecule has 9 heteroatoms. The molecule has 0 atom stereocenters. The number of amides is 2. The van der Waals surface area contributed by atoms with Crippen LogP contribution in [0.25, 0.3) is 0 Å². The van der Waals surface area contributed by atoms with Gasteiger partial charge in [-0.3, -0.25) is 9.59 Å². The second-order valence-electron chi connectivity index (χ2n) is 6.58. The first-order chi connectivity index (χ1) is 13.5. The van der Waals surface area contributed by atoms with Crippen LogP contribution in [0.3, 0.4) is 0 Å². The van der Waals surface area contributed by atoms with E-state index in [2.05, 4.69) is 20.8 Å². The monoisotopic (exact) mass is 399 g/mol. The van der Waals surface area contributed by atoms with Crippen LogP contribution in [0.2, 0.25) is 5.02 Å². The maximum Gasteiger partial charge on any atom is 0.292 e. The predicted octanol–water partition coefficient (Wildman–Crippen LogP) is 3.67. The third-order valence-corrected chi connectivity index (χ3v) is 4.72. The predicted molar refractivity (Wildman–Crippen MR) is 104 cm³/mol. The van der Waals surface area contributed by atoms with E-state index in [-0.39, 0.29) is 17.4 Å². The molecule has 1 aliphatic heterocycles. The number of fused-ring (bicyclic) bond motifs is 1. The number of hydrogen-bond donors (Lipinski definition) is 2. The fourth-order valence-electron chi connectivity index (χ4n) is 3.25. The number of carbonyl (C=O) groups is 2. The van der Waals surface area contributed by atoms with Crippen molar-refractivity contribution in [3.05, 3.63) is 58.3 Å². The minimum atomic E-state index is -0.432. The Labute approximate surface area is 165 Å². The summed E-state index contributed by atoms with van der Waals surface area (Å²) < 4.78 is 6.77. The molecule has 8 nitrogen and oxygen atoms in total. The highest BCUT2D eigenvalue weighted by molar-refractivity contribution is 6.31. The average molecular weight is 400 g/mol. The van der Waals surface area contributed by atoms with Crippen molar-refractivity contribution in [3.63, 3.8) is 0 Å². The number of hydrogen-bond acceptors (Lipinski definition) is 5. The molecule has 1 aromatic carbocycles. The third-order valence-electron chi connectivity index (χ3n) is 4.49. The number of nitrogens with zero attached hydrogens (tertiary/aromatic N) is 3. The van der Waals surface area contributed by atoms with Crippen molar-refractivity contribution in [1.82, 2.24) is 14.7 Å². The molecule has 2 amide bonds. The molecule has 144 valence electrons. The minimum absolute atomic E-state index is 0.187. The molecule has 0 bridgehead atoms. The molecule has 0 radical (unpaired) electrons. The lowest BCUT2D eigenvalue weighted by atomic mass is 10.1. The molecule has 3 heterocycles. The van der Waals surface area contributed by atoms with E-state index in [1.807, 2.05) is 0 Å². The quantitative estimate of drug-likeness (QED) is 0.696. The first kappa shape index (κ1) is 18.2. The molecule has 2 N–H and O–H groups in total. The number of aryl methyl sites for hydroxylation is 1. The molecule has 0 spiro atoms. The molecule has 0 unspecified atom stereocenters. The highest BCUT2D eigenvalue weighted by Gasteiger charge is 2.28. The van der Waals surface area contributed by atoms with Crippen LogP contribution in [0.1, 0.15) is 45.4 Å². The zero-order chi connectivity index (χ0) is 19.7. The SMILES string of the molecule is Cc1cc(NC(=O)c2nc(C(=O)Nc3cccc(Cl)c3)c3n2CCCC3)no1. The molecule has 28 heavy (non-hydrogen) atoms. The number of rotatable bonds is 4. The van der Waals surface area contributed by atoms with Gasteiger partial charge in [-0.15, -0.1) is 0 Å². The van der Waals surface area contributed by atoms with E-state index in [0.29, 0.717) is 35.3 Å². The second-order valence-corrected chi connectivity index (χ2v) is 7.02. The molecule has 4 rings (SSSR count). The molecule has 3 aromatic rings. The van der Waals surface area contributed by atoms with Gasteiger partial charge in [-0.2, -0.15) is 0 Å². The van der Waals surface area contributed by atoms with Crippen LogP contribution in [0.5, 0.6) is 0 Å². The van der Waals surface area contributed by atoms with Gasteiger partial charge >= 0.3 is 0 Å². The van der Waals surface area contributed by atoms with Crippen molar-refractivity contribution >= 4 is 34.9 Å². The zero-order valence-electron chi connectivity index (χ0n) is 15.2. The first-order valence-corrected chi connectivity index (χ1v) is 9.30. The molecule has 0 fully saturated rings. The third kappa shape index (κ3) is 3.63. The number of imidazole rings is 1. The Bertz CT molecular complexity index is 1060. The van der Waals surface area contributed by atoms with Crippen molar-refractivity contribution < 1.29 is 14.1 Å². The second kappa shape index (κ2) is 7.47. The number of benzene rings is 1. The first-order valence-electron chi connectivity index (χ1n) is 8.92. The summed E-state index contributed by atoms with van der Waals surface area (Å²) in [7, 11) is 0. The van der Waals surface area contributed by atoms with Gasteiger partial charge in [-0.05, 0) is 44.4 Å². The van der Waals surface area contributed by atoms with Gasteiger partial charge in [0.1, 0.15) is 5.76 Å². The van der Waals surface area contributed by atoms with Crippen LogP contribution in [-0.2, 0) is 13.0 Å². The summed E-state index contributed by atoms with van der Waals surface area (Å²) in [6.07, 6.45) is 2.54. The van der Waals surface area contributed by atoms with Crippen LogP contribution >= 0.6 is 11.6 Å². The number of halogens is 1. The maximum absolute atomic E-state index is 12.8. The highest BCUT2D eigenvalue weighted by Crippen LogP contribution is 2.23. The molecular weight excluding hydrogens is 382 g/mol. The number of aromatic nitrogens is 3. The van der Waals surface area contributed by atoms with E-state index in [1.54, 1.807) is 41.8 Å². The number of carbonyl (C=O) groups excluding carboxylic acids is 2. The standard InChI is InChI=1S/C19H18ClN5O3/c1-11-9-15(24-28-11)22-19(27)17-23-16(14-7-2-3-8-25(14)17)18(26)21-13-6-4-5-12(20)10-13/h4-6,9-10H,2-3,7-8H2,1H3,(H,21,26)(H,22,24,27). The molecule has 1 aliphatic rings. The fourth-order valence-corrected chi connectivity index (χ4v) is 3.44. The summed E-state index contributed by atoms with van der Waals surface area (Å²) in [4.78, 5) is 29.9.